The zero-order chi connectivity index (χ0) is 13.7. The van der Waals surface area contributed by atoms with E-state index in [1.807, 2.05) is 42.3 Å². The molecule has 4 heteroatoms. The van der Waals surface area contributed by atoms with Crippen molar-refractivity contribution >= 4 is 5.91 Å². The fourth-order valence-electron chi connectivity index (χ4n) is 2.29. The van der Waals surface area contributed by atoms with Gasteiger partial charge in [0.05, 0.1) is 6.07 Å². The van der Waals surface area contributed by atoms with Crippen molar-refractivity contribution in [2.75, 3.05) is 33.2 Å². The Balaban J connectivity index is 1.98. The molecule has 1 fully saturated rings. The molecule has 100 valence electrons. The van der Waals surface area contributed by atoms with Gasteiger partial charge in [0.15, 0.2) is 0 Å². The van der Waals surface area contributed by atoms with Crippen LogP contribution in [0.15, 0.2) is 30.3 Å². The minimum absolute atomic E-state index is 0.0283. The fourth-order valence-corrected chi connectivity index (χ4v) is 2.29. The SMILES string of the molecule is CN1CCN(C(=O)C(C#N)Cc2ccccc2)CC1. The second-order valence-corrected chi connectivity index (χ2v) is 5.00. The molecule has 0 bridgehead atoms. The third kappa shape index (κ3) is 3.55. The highest BCUT2D eigenvalue weighted by Gasteiger charge is 2.26. The van der Waals surface area contributed by atoms with Crippen LogP contribution in [0.1, 0.15) is 5.56 Å². The smallest absolute Gasteiger partial charge is 0.240 e. The molecule has 1 saturated heterocycles. The summed E-state index contributed by atoms with van der Waals surface area (Å²) in [6.07, 6.45) is 0.502. The second-order valence-electron chi connectivity index (χ2n) is 5.00. The summed E-state index contributed by atoms with van der Waals surface area (Å²) in [5.41, 5.74) is 1.04. The first-order valence-corrected chi connectivity index (χ1v) is 6.61. The standard InChI is InChI=1S/C15H19N3O/c1-17-7-9-18(10-8-17)15(19)14(12-16)11-13-5-3-2-4-6-13/h2-6,14H,7-11H2,1H3. The van der Waals surface area contributed by atoms with Gasteiger partial charge in [0.1, 0.15) is 5.92 Å². The average Bonchev–Trinajstić information content (AvgIpc) is 2.46. The molecule has 0 spiro atoms. The van der Waals surface area contributed by atoms with Crippen LogP contribution in [-0.4, -0.2) is 48.9 Å². The maximum Gasteiger partial charge on any atom is 0.240 e. The predicted molar refractivity (Wildman–Crippen MR) is 73.3 cm³/mol. The van der Waals surface area contributed by atoms with Gasteiger partial charge >= 0.3 is 0 Å². The number of nitriles is 1. The molecule has 1 aliphatic heterocycles. The van der Waals surface area contributed by atoms with E-state index in [-0.39, 0.29) is 5.91 Å². The molecule has 1 amide bonds. The van der Waals surface area contributed by atoms with Gasteiger partial charge in [-0.05, 0) is 19.0 Å². The van der Waals surface area contributed by atoms with Crippen molar-refractivity contribution in [1.29, 1.82) is 5.26 Å². The van der Waals surface area contributed by atoms with E-state index >= 15 is 0 Å². The Morgan fingerprint density at radius 1 is 1.26 bits per heavy atom. The average molecular weight is 257 g/mol. The van der Waals surface area contributed by atoms with Crippen LogP contribution in [0.2, 0.25) is 0 Å². The van der Waals surface area contributed by atoms with E-state index in [1.54, 1.807) is 0 Å². The molecule has 4 nitrogen and oxygen atoms in total. The zero-order valence-electron chi connectivity index (χ0n) is 11.2. The van der Waals surface area contributed by atoms with Crippen molar-refractivity contribution < 1.29 is 4.79 Å². The summed E-state index contributed by atoms with van der Waals surface area (Å²) in [6, 6.07) is 11.9. The summed E-state index contributed by atoms with van der Waals surface area (Å²) < 4.78 is 0. The highest BCUT2D eigenvalue weighted by Crippen LogP contribution is 2.12. The van der Waals surface area contributed by atoms with Crippen molar-refractivity contribution in [1.82, 2.24) is 9.80 Å². The summed E-state index contributed by atoms with van der Waals surface area (Å²) in [4.78, 5) is 16.3. The molecule has 0 aliphatic carbocycles. The first kappa shape index (κ1) is 13.6. The fraction of sp³-hybridized carbons (Fsp3) is 0.467. The molecular weight excluding hydrogens is 238 g/mol. The Morgan fingerprint density at radius 3 is 2.47 bits per heavy atom. The van der Waals surface area contributed by atoms with Gasteiger partial charge in [-0.25, -0.2) is 0 Å². The lowest BCUT2D eigenvalue weighted by atomic mass is 9.99. The van der Waals surface area contributed by atoms with E-state index in [9.17, 15) is 10.1 Å². The summed E-state index contributed by atoms with van der Waals surface area (Å²) >= 11 is 0. The number of hydrogen-bond acceptors (Lipinski definition) is 3. The van der Waals surface area contributed by atoms with Crippen LogP contribution in [0, 0.1) is 17.2 Å². The maximum absolute atomic E-state index is 12.3. The number of hydrogen-bond donors (Lipinski definition) is 0. The lowest BCUT2D eigenvalue weighted by Crippen LogP contribution is -2.49. The summed E-state index contributed by atoms with van der Waals surface area (Å²) in [7, 11) is 2.05. The Bertz CT molecular complexity index is 458. The van der Waals surface area contributed by atoms with Crippen LogP contribution in [0.5, 0.6) is 0 Å². The van der Waals surface area contributed by atoms with Gasteiger partial charge in [0, 0.05) is 26.2 Å². The molecular formula is C15H19N3O. The molecule has 0 aromatic heterocycles. The molecule has 1 unspecified atom stereocenters. The summed E-state index contributed by atoms with van der Waals surface area (Å²) in [5, 5.41) is 9.23. The first-order chi connectivity index (χ1) is 9.20. The molecule has 1 atom stereocenters. The number of rotatable bonds is 3. The Morgan fingerprint density at radius 2 is 1.89 bits per heavy atom. The lowest BCUT2D eigenvalue weighted by molar-refractivity contribution is -0.135. The summed E-state index contributed by atoms with van der Waals surface area (Å²) in [5.74, 6) is -0.592. The molecule has 0 radical (unpaired) electrons. The van der Waals surface area contributed by atoms with Crippen LogP contribution in [-0.2, 0) is 11.2 Å². The monoisotopic (exact) mass is 257 g/mol. The molecule has 0 N–H and O–H groups in total. The van der Waals surface area contributed by atoms with Gasteiger partial charge in [0.25, 0.3) is 0 Å². The molecule has 19 heavy (non-hydrogen) atoms. The Labute approximate surface area is 114 Å². The molecule has 1 aromatic carbocycles. The van der Waals surface area contributed by atoms with E-state index < -0.39 is 5.92 Å². The number of piperazine rings is 1. The predicted octanol–water partition coefficient (Wildman–Crippen LogP) is 1.14. The number of amides is 1. The second kappa shape index (κ2) is 6.35. The van der Waals surface area contributed by atoms with E-state index in [2.05, 4.69) is 11.0 Å². The third-order valence-electron chi connectivity index (χ3n) is 3.55. The van der Waals surface area contributed by atoms with Crippen LogP contribution in [0.3, 0.4) is 0 Å². The lowest BCUT2D eigenvalue weighted by Gasteiger charge is -2.33. The van der Waals surface area contributed by atoms with E-state index in [0.29, 0.717) is 6.42 Å². The molecule has 1 heterocycles. The quantitative estimate of drug-likeness (QED) is 0.816. The van der Waals surface area contributed by atoms with Crippen LogP contribution in [0.25, 0.3) is 0 Å². The van der Waals surface area contributed by atoms with E-state index in [0.717, 1.165) is 31.7 Å². The van der Waals surface area contributed by atoms with Gasteiger partial charge in [-0.1, -0.05) is 30.3 Å². The van der Waals surface area contributed by atoms with Crippen molar-refractivity contribution in [3.63, 3.8) is 0 Å². The minimum Gasteiger partial charge on any atom is -0.339 e. The van der Waals surface area contributed by atoms with Crippen molar-refractivity contribution in [3.8, 4) is 6.07 Å². The Kier molecular flexibility index (Phi) is 4.53. The molecule has 1 aromatic rings. The number of likely N-dealkylation sites (N-methyl/N-ethyl adjacent to an activating group) is 1. The highest BCUT2D eigenvalue weighted by atomic mass is 16.2. The molecule has 0 saturated carbocycles. The minimum atomic E-state index is -0.564. The van der Waals surface area contributed by atoms with Crippen molar-refractivity contribution in [3.05, 3.63) is 35.9 Å². The van der Waals surface area contributed by atoms with E-state index in [4.69, 9.17) is 0 Å². The van der Waals surface area contributed by atoms with Crippen LogP contribution in [0.4, 0.5) is 0 Å². The maximum atomic E-state index is 12.3. The molecule has 1 aliphatic rings. The van der Waals surface area contributed by atoms with Crippen LogP contribution < -0.4 is 0 Å². The normalized spacial score (nSPS) is 17.8. The van der Waals surface area contributed by atoms with Gasteiger partial charge in [-0.2, -0.15) is 5.26 Å². The van der Waals surface area contributed by atoms with Gasteiger partial charge in [0.2, 0.25) is 5.91 Å². The first-order valence-electron chi connectivity index (χ1n) is 6.61. The van der Waals surface area contributed by atoms with Gasteiger partial charge < -0.3 is 9.80 Å². The number of nitrogens with zero attached hydrogens (tertiary/aromatic N) is 3. The summed E-state index contributed by atoms with van der Waals surface area (Å²) in [6.45, 7) is 3.22. The largest absolute Gasteiger partial charge is 0.339 e. The Hall–Kier alpha value is -1.86. The van der Waals surface area contributed by atoms with Crippen LogP contribution >= 0.6 is 0 Å². The number of carbonyl (C=O) groups excluding carboxylic acids is 1. The number of carbonyl (C=O) groups is 1. The van der Waals surface area contributed by atoms with Crippen molar-refractivity contribution in [2.24, 2.45) is 5.92 Å². The third-order valence-corrected chi connectivity index (χ3v) is 3.55. The van der Waals surface area contributed by atoms with Crippen molar-refractivity contribution in [2.45, 2.75) is 6.42 Å². The zero-order valence-corrected chi connectivity index (χ0v) is 11.2. The number of benzene rings is 1. The van der Waals surface area contributed by atoms with E-state index in [1.165, 1.54) is 0 Å². The van der Waals surface area contributed by atoms with Gasteiger partial charge in [-0.3, -0.25) is 4.79 Å². The van der Waals surface area contributed by atoms with Gasteiger partial charge in [-0.15, -0.1) is 0 Å². The topological polar surface area (TPSA) is 47.3 Å². The highest BCUT2D eigenvalue weighted by molar-refractivity contribution is 5.81. The molecule has 2 rings (SSSR count).